The molecule has 0 aliphatic carbocycles. The molecule has 10 heteroatoms. The molecule has 0 saturated carbocycles. The lowest BCUT2D eigenvalue weighted by molar-refractivity contribution is 0.578. The molecule has 4 rings (SSSR count). The van der Waals surface area contributed by atoms with Gasteiger partial charge in [0.2, 0.25) is 30.0 Å². The van der Waals surface area contributed by atoms with Crippen molar-refractivity contribution < 1.29 is 16.8 Å². The van der Waals surface area contributed by atoms with Crippen molar-refractivity contribution in [2.24, 2.45) is 0 Å². The van der Waals surface area contributed by atoms with E-state index in [9.17, 15) is 16.8 Å². The van der Waals surface area contributed by atoms with Crippen LogP contribution in [0, 0.1) is 6.92 Å². The first-order valence-electron chi connectivity index (χ1n) is 10.4. The lowest BCUT2D eigenvalue weighted by atomic mass is 10.1. The van der Waals surface area contributed by atoms with Gasteiger partial charge in [0, 0.05) is 23.0 Å². The highest BCUT2D eigenvalue weighted by Gasteiger charge is 2.24. The highest BCUT2D eigenvalue weighted by atomic mass is 32.2. The molecule has 2 heterocycles. The van der Waals surface area contributed by atoms with Crippen LogP contribution in [0.5, 0.6) is 0 Å². The van der Waals surface area contributed by atoms with Crippen LogP contribution in [0.3, 0.4) is 0 Å². The zero-order valence-corrected chi connectivity index (χ0v) is 19.7. The standard InChI is InChI=1S/C23H24N4O4S2/c1-17-16-24-22(25-17)32(28,29)14-8-9-15-33(30,31)23-26-20(18-10-4-2-5-11-18)21(27-23)19-12-6-3-7-13-19/h2-7,10-13,16H,8-9,14-15H2,1H3,(H,24,25)(H,26,27). The van der Waals surface area contributed by atoms with Crippen molar-refractivity contribution in [3.63, 3.8) is 0 Å². The van der Waals surface area contributed by atoms with Gasteiger partial charge < -0.3 is 9.97 Å². The smallest absolute Gasteiger partial charge is 0.226 e. The SMILES string of the molecule is Cc1cnc(S(=O)(=O)CCCCS(=O)(=O)c2nc(-c3ccccc3)c(-c3ccccc3)[nH]2)[nH]1. The Morgan fingerprint density at radius 1 is 0.727 bits per heavy atom. The number of rotatable bonds is 9. The fourth-order valence-electron chi connectivity index (χ4n) is 3.44. The third kappa shape index (κ3) is 5.23. The second kappa shape index (κ2) is 9.32. The molecule has 0 radical (unpaired) electrons. The van der Waals surface area contributed by atoms with Crippen molar-refractivity contribution in [1.29, 1.82) is 0 Å². The van der Waals surface area contributed by atoms with Crippen molar-refractivity contribution >= 4 is 19.7 Å². The largest absolute Gasteiger partial charge is 0.333 e. The van der Waals surface area contributed by atoms with Crippen molar-refractivity contribution in [2.45, 2.75) is 30.1 Å². The van der Waals surface area contributed by atoms with E-state index in [0.29, 0.717) is 17.1 Å². The highest BCUT2D eigenvalue weighted by molar-refractivity contribution is 7.91. The number of imidazole rings is 2. The fourth-order valence-corrected chi connectivity index (χ4v) is 6.01. The van der Waals surface area contributed by atoms with Crippen LogP contribution in [0.25, 0.3) is 22.5 Å². The molecule has 8 nitrogen and oxygen atoms in total. The first kappa shape index (κ1) is 22.9. The van der Waals surface area contributed by atoms with Gasteiger partial charge in [0.15, 0.2) is 0 Å². The van der Waals surface area contributed by atoms with Crippen molar-refractivity contribution in [1.82, 2.24) is 19.9 Å². The molecule has 2 N–H and O–H groups in total. The zero-order chi connectivity index (χ0) is 23.5. The molecule has 0 atom stereocenters. The number of aryl methyl sites for hydroxylation is 1. The molecule has 0 bridgehead atoms. The van der Waals surface area contributed by atoms with Crippen LogP contribution < -0.4 is 0 Å². The number of H-pyrrole nitrogens is 2. The van der Waals surface area contributed by atoms with Crippen LogP contribution in [-0.2, 0) is 19.7 Å². The van der Waals surface area contributed by atoms with E-state index >= 15 is 0 Å². The number of benzene rings is 2. The molecule has 0 fully saturated rings. The van der Waals surface area contributed by atoms with Gasteiger partial charge in [-0.1, -0.05) is 60.7 Å². The molecule has 0 saturated heterocycles. The second-order valence-electron chi connectivity index (χ2n) is 7.71. The molecule has 4 aromatic rings. The maximum Gasteiger partial charge on any atom is 0.226 e. The van der Waals surface area contributed by atoms with Crippen LogP contribution >= 0.6 is 0 Å². The minimum Gasteiger partial charge on any atom is -0.333 e. The zero-order valence-electron chi connectivity index (χ0n) is 18.0. The van der Waals surface area contributed by atoms with Gasteiger partial charge in [-0.25, -0.2) is 26.8 Å². The Hall–Kier alpha value is -3.24. The molecule has 0 spiro atoms. The molecule has 0 amide bonds. The summed E-state index contributed by atoms with van der Waals surface area (Å²) in [6.07, 6.45) is 1.82. The summed E-state index contributed by atoms with van der Waals surface area (Å²) >= 11 is 0. The van der Waals surface area contributed by atoms with Gasteiger partial charge in [-0.05, 0) is 19.8 Å². The van der Waals surface area contributed by atoms with Crippen LogP contribution in [0.2, 0.25) is 0 Å². The summed E-state index contributed by atoms with van der Waals surface area (Å²) in [5, 5.41) is -0.210. The Bertz CT molecular complexity index is 1390. The van der Waals surface area contributed by atoms with Gasteiger partial charge in [0.25, 0.3) is 0 Å². The Kier molecular flexibility index (Phi) is 6.48. The Morgan fingerprint density at radius 2 is 1.27 bits per heavy atom. The van der Waals surface area contributed by atoms with E-state index in [1.165, 1.54) is 6.20 Å². The fraction of sp³-hybridized carbons (Fsp3) is 0.217. The first-order valence-corrected chi connectivity index (χ1v) is 13.7. The van der Waals surface area contributed by atoms with E-state index < -0.39 is 19.7 Å². The van der Waals surface area contributed by atoms with E-state index in [0.717, 1.165) is 11.1 Å². The third-order valence-corrected chi connectivity index (χ3v) is 8.37. The van der Waals surface area contributed by atoms with Crippen LogP contribution in [-0.4, -0.2) is 48.3 Å². The topological polar surface area (TPSA) is 126 Å². The van der Waals surface area contributed by atoms with Gasteiger partial charge >= 0.3 is 0 Å². The predicted molar refractivity (Wildman–Crippen MR) is 126 cm³/mol. The van der Waals surface area contributed by atoms with E-state index in [4.69, 9.17) is 0 Å². The van der Waals surface area contributed by atoms with Crippen molar-refractivity contribution in [3.8, 4) is 22.5 Å². The molecule has 33 heavy (non-hydrogen) atoms. The molecule has 2 aromatic carbocycles. The Morgan fingerprint density at radius 3 is 1.82 bits per heavy atom. The maximum atomic E-state index is 13.0. The summed E-state index contributed by atoms with van der Waals surface area (Å²) < 4.78 is 50.7. The van der Waals surface area contributed by atoms with Gasteiger partial charge in [-0.15, -0.1) is 0 Å². The monoisotopic (exact) mass is 484 g/mol. The Balaban J connectivity index is 1.52. The lowest BCUT2D eigenvalue weighted by Crippen LogP contribution is -2.13. The average Bonchev–Trinajstić information content (AvgIpc) is 3.46. The molecule has 172 valence electrons. The Labute approximate surface area is 193 Å². The number of unbranched alkanes of at least 4 members (excludes halogenated alkanes) is 1. The summed E-state index contributed by atoms with van der Waals surface area (Å²) in [5.41, 5.74) is 3.45. The minimum absolute atomic E-state index is 0.0890. The molecule has 0 aliphatic rings. The van der Waals surface area contributed by atoms with Crippen molar-refractivity contribution in [2.75, 3.05) is 11.5 Å². The molecular weight excluding hydrogens is 460 g/mol. The number of aromatic amines is 2. The summed E-state index contributed by atoms with van der Waals surface area (Å²) in [5.74, 6) is -0.395. The number of sulfone groups is 2. The van der Waals surface area contributed by atoms with Gasteiger partial charge in [-0.2, -0.15) is 0 Å². The highest BCUT2D eigenvalue weighted by Crippen LogP contribution is 2.31. The van der Waals surface area contributed by atoms with Crippen LogP contribution in [0.1, 0.15) is 18.5 Å². The first-order chi connectivity index (χ1) is 15.8. The average molecular weight is 485 g/mol. The molecule has 2 aromatic heterocycles. The van der Waals surface area contributed by atoms with E-state index in [-0.39, 0.29) is 34.7 Å². The van der Waals surface area contributed by atoms with E-state index in [1.54, 1.807) is 6.92 Å². The normalized spacial score (nSPS) is 12.2. The third-order valence-electron chi connectivity index (χ3n) is 5.14. The number of hydrogen-bond donors (Lipinski definition) is 2. The predicted octanol–water partition coefficient (Wildman–Crippen LogP) is 3.80. The number of nitrogens with one attached hydrogen (secondary N) is 2. The molecule has 0 aliphatic heterocycles. The number of nitrogens with zero attached hydrogens (tertiary/aromatic N) is 2. The lowest BCUT2D eigenvalue weighted by Gasteiger charge is -2.03. The van der Waals surface area contributed by atoms with Gasteiger partial charge in [0.1, 0.15) is 0 Å². The van der Waals surface area contributed by atoms with Crippen LogP contribution in [0.4, 0.5) is 0 Å². The number of hydrogen-bond acceptors (Lipinski definition) is 6. The van der Waals surface area contributed by atoms with Gasteiger partial charge in [0.05, 0.1) is 22.9 Å². The summed E-state index contributed by atoms with van der Waals surface area (Å²) in [7, 11) is -7.32. The minimum atomic E-state index is -3.74. The summed E-state index contributed by atoms with van der Waals surface area (Å²) in [6, 6.07) is 18.8. The maximum absolute atomic E-state index is 13.0. The quantitative estimate of drug-likeness (QED) is 0.348. The van der Waals surface area contributed by atoms with E-state index in [1.807, 2.05) is 60.7 Å². The van der Waals surface area contributed by atoms with Crippen molar-refractivity contribution in [3.05, 3.63) is 72.6 Å². The van der Waals surface area contributed by atoms with E-state index in [2.05, 4.69) is 19.9 Å². The second-order valence-corrected chi connectivity index (χ2v) is 11.8. The summed E-state index contributed by atoms with van der Waals surface area (Å²) in [6.45, 7) is 1.72. The van der Waals surface area contributed by atoms with Crippen LogP contribution in [0.15, 0.2) is 77.2 Å². The molecular formula is C23H24N4O4S2. The summed E-state index contributed by atoms with van der Waals surface area (Å²) in [4.78, 5) is 14.0. The molecule has 0 unspecified atom stereocenters. The van der Waals surface area contributed by atoms with Gasteiger partial charge in [-0.3, -0.25) is 0 Å². The number of aromatic nitrogens is 4.